The van der Waals surface area contributed by atoms with Crippen LogP contribution in [0.4, 0.5) is 5.69 Å². The Balaban J connectivity index is 1.89. The second-order valence-corrected chi connectivity index (χ2v) is 8.14. The van der Waals surface area contributed by atoms with Crippen molar-refractivity contribution in [1.82, 2.24) is 9.21 Å². The highest BCUT2D eigenvalue weighted by atomic mass is 32.2. The summed E-state index contributed by atoms with van der Waals surface area (Å²) < 4.78 is 24.0. The van der Waals surface area contributed by atoms with Crippen molar-refractivity contribution in [3.8, 4) is 0 Å². The molecule has 0 radical (unpaired) electrons. The third-order valence-corrected chi connectivity index (χ3v) is 5.59. The van der Waals surface area contributed by atoms with Crippen LogP contribution in [0.15, 0.2) is 30.3 Å². The molecule has 1 heterocycles. The van der Waals surface area contributed by atoms with Gasteiger partial charge in [-0.2, -0.15) is 0 Å². The molecule has 1 aromatic rings. The maximum absolute atomic E-state index is 12.4. The number of para-hydroxylation sites is 1. The number of sulfonamides is 1. The van der Waals surface area contributed by atoms with Crippen LogP contribution >= 0.6 is 0 Å². The maximum Gasteiger partial charge on any atom is 0.224 e. The number of rotatable bonds is 5. The number of hydrogen-bond donors (Lipinski definition) is 0. The van der Waals surface area contributed by atoms with Crippen molar-refractivity contribution in [2.45, 2.75) is 19.4 Å². The Morgan fingerprint density at radius 1 is 1.26 bits per heavy atom. The highest BCUT2D eigenvalue weighted by molar-refractivity contribution is 7.88. The Bertz CT molecular complexity index is 633. The Kier molecular flexibility index (Phi) is 5.64. The van der Waals surface area contributed by atoms with Gasteiger partial charge in [-0.25, -0.2) is 12.7 Å². The summed E-state index contributed by atoms with van der Waals surface area (Å²) in [5, 5.41) is 0. The molecule has 0 bridgehead atoms. The van der Waals surface area contributed by atoms with Crippen LogP contribution in [-0.4, -0.2) is 69.1 Å². The van der Waals surface area contributed by atoms with Crippen LogP contribution in [0, 0.1) is 0 Å². The number of carbonyl (C=O) groups is 1. The predicted octanol–water partition coefficient (Wildman–Crippen LogP) is 1.01. The summed E-state index contributed by atoms with van der Waals surface area (Å²) in [6.07, 6.45) is 1.37. The third-order valence-electron chi connectivity index (χ3n) is 4.28. The average Bonchev–Trinajstić information content (AvgIpc) is 2.52. The van der Waals surface area contributed by atoms with E-state index in [1.54, 1.807) is 0 Å². The normalized spacial score (nSPS) is 19.2. The Morgan fingerprint density at radius 2 is 1.91 bits per heavy atom. The molecule has 0 saturated carbocycles. The first kappa shape index (κ1) is 17.7. The first-order valence-corrected chi connectivity index (χ1v) is 9.64. The van der Waals surface area contributed by atoms with Crippen LogP contribution in [-0.2, 0) is 14.8 Å². The monoisotopic (exact) mass is 339 g/mol. The van der Waals surface area contributed by atoms with Crippen LogP contribution in [0.3, 0.4) is 0 Å². The minimum absolute atomic E-state index is 0.0145. The van der Waals surface area contributed by atoms with Gasteiger partial charge in [0.25, 0.3) is 0 Å². The molecule has 23 heavy (non-hydrogen) atoms. The molecular formula is C16H25N3O3S. The molecule has 0 unspecified atom stereocenters. The molecule has 128 valence electrons. The highest BCUT2D eigenvalue weighted by Gasteiger charge is 2.27. The molecule has 1 aromatic carbocycles. The molecule has 0 N–H and O–H groups in total. The first-order chi connectivity index (χ1) is 10.8. The van der Waals surface area contributed by atoms with Crippen molar-refractivity contribution in [3.05, 3.63) is 30.3 Å². The van der Waals surface area contributed by atoms with Gasteiger partial charge in [0.2, 0.25) is 15.9 Å². The van der Waals surface area contributed by atoms with E-state index >= 15 is 0 Å². The van der Waals surface area contributed by atoms with Gasteiger partial charge in [0.05, 0.1) is 6.26 Å². The lowest BCUT2D eigenvalue weighted by Crippen LogP contribution is -2.54. The number of anilines is 1. The molecule has 0 spiro atoms. The van der Waals surface area contributed by atoms with E-state index in [2.05, 4.69) is 17.0 Å². The number of hydrogen-bond acceptors (Lipinski definition) is 4. The van der Waals surface area contributed by atoms with Crippen LogP contribution in [0.2, 0.25) is 0 Å². The van der Waals surface area contributed by atoms with Crippen molar-refractivity contribution in [2.75, 3.05) is 44.4 Å². The zero-order chi connectivity index (χ0) is 17.0. The zero-order valence-electron chi connectivity index (χ0n) is 14.0. The lowest BCUT2D eigenvalue weighted by molar-refractivity contribution is -0.133. The fraction of sp³-hybridized carbons (Fsp3) is 0.562. The quantitative estimate of drug-likeness (QED) is 0.803. The molecule has 2 rings (SSSR count). The fourth-order valence-corrected chi connectivity index (χ4v) is 3.19. The van der Waals surface area contributed by atoms with Crippen molar-refractivity contribution >= 4 is 21.6 Å². The third kappa shape index (κ3) is 4.68. The molecule has 1 aliphatic heterocycles. The van der Waals surface area contributed by atoms with Gasteiger partial charge < -0.3 is 9.80 Å². The fourth-order valence-electron chi connectivity index (χ4n) is 2.76. The van der Waals surface area contributed by atoms with Crippen molar-refractivity contribution in [1.29, 1.82) is 0 Å². The van der Waals surface area contributed by atoms with E-state index in [0.29, 0.717) is 6.54 Å². The van der Waals surface area contributed by atoms with Crippen LogP contribution in [0.1, 0.15) is 13.3 Å². The minimum atomic E-state index is -3.23. The van der Waals surface area contributed by atoms with E-state index in [9.17, 15) is 13.2 Å². The van der Waals surface area contributed by atoms with E-state index < -0.39 is 10.0 Å². The molecular weight excluding hydrogens is 314 g/mol. The summed E-state index contributed by atoms with van der Waals surface area (Å²) in [5.41, 5.74) is 1.17. The van der Waals surface area contributed by atoms with E-state index in [-0.39, 0.29) is 24.9 Å². The molecule has 1 atom stereocenters. The Hall–Kier alpha value is -1.60. The van der Waals surface area contributed by atoms with E-state index in [0.717, 1.165) is 19.3 Å². The van der Waals surface area contributed by atoms with Crippen LogP contribution < -0.4 is 4.90 Å². The largest absolute Gasteiger partial charge is 0.368 e. The molecule has 1 aliphatic rings. The second-order valence-electron chi connectivity index (χ2n) is 6.05. The predicted molar refractivity (Wildman–Crippen MR) is 91.9 cm³/mol. The number of benzene rings is 1. The topological polar surface area (TPSA) is 60.9 Å². The molecule has 0 aliphatic carbocycles. The first-order valence-electron chi connectivity index (χ1n) is 7.80. The minimum Gasteiger partial charge on any atom is -0.368 e. The molecule has 1 fully saturated rings. The molecule has 7 heteroatoms. The van der Waals surface area contributed by atoms with Gasteiger partial charge in [-0.15, -0.1) is 0 Å². The number of nitrogens with zero attached hydrogens (tertiary/aromatic N) is 3. The van der Waals surface area contributed by atoms with Gasteiger partial charge in [0.15, 0.2) is 0 Å². The second kappa shape index (κ2) is 7.31. The molecule has 1 amide bonds. The van der Waals surface area contributed by atoms with Gasteiger partial charge in [0, 0.05) is 51.4 Å². The summed E-state index contributed by atoms with van der Waals surface area (Å²) in [6.45, 7) is 4.51. The van der Waals surface area contributed by atoms with Crippen molar-refractivity contribution < 1.29 is 13.2 Å². The number of amides is 1. The summed E-state index contributed by atoms with van der Waals surface area (Å²) in [6, 6.07) is 10.3. The van der Waals surface area contributed by atoms with Gasteiger partial charge in [0.1, 0.15) is 0 Å². The van der Waals surface area contributed by atoms with Gasteiger partial charge in [-0.3, -0.25) is 4.79 Å². The van der Waals surface area contributed by atoms with Gasteiger partial charge in [-0.05, 0) is 19.1 Å². The lowest BCUT2D eigenvalue weighted by Gasteiger charge is -2.41. The number of carbonyl (C=O) groups excluding carboxylic acids is 1. The summed E-state index contributed by atoms with van der Waals surface area (Å²) in [4.78, 5) is 16.5. The smallest absolute Gasteiger partial charge is 0.224 e. The molecule has 6 nitrogen and oxygen atoms in total. The summed E-state index contributed by atoms with van der Waals surface area (Å²) >= 11 is 0. The van der Waals surface area contributed by atoms with E-state index in [4.69, 9.17) is 0 Å². The van der Waals surface area contributed by atoms with Gasteiger partial charge in [-0.1, -0.05) is 18.2 Å². The van der Waals surface area contributed by atoms with Crippen LogP contribution in [0.25, 0.3) is 0 Å². The molecule has 0 aromatic heterocycles. The SMILES string of the molecule is C[C@H]1CN(c2ccccc2)CCN1C(=O)CCN(C)S(C)(=O)=O. The van der Waals surface area contributed by atoms with Gasteiger partial charge >= 0.3 is 0 Å². The van der Waals surface area contributed by atoms with Crippen molar-refractivity contribution in [2.24, 2.45) is 0 Å². The zero-order valence-corrected chi connectivity index (χ0v) is 14.8. The van der Waals surface area contributed by atoms with Crippen LogP contribution in [0.5, 0.6) is 0 Å². The maximum atomic E-state index is 12.4. The standard InChI is InChI=1S/C16H25N3O3S/c1-14-13-18(15-7-5-4-6-8-15)11-12-19(14)16(20)9-10-17(2)23(3,21)22/h4-8,14H,9-13H2,1-3H3/t14-/m0/s1. The Labute approximate surface area is 138 Å². The van der Waals surface area contributed by atoms with E-state index in [1.165, 1.54) is 17.0 Å². The van der Waals surface area contributed by atoms with E-state index in [1.807, 2.05) is 30.0 Å². The van der Waals surface area contributed by atoms with Crippen molar-refractivity contribution in [3.63, 3.8) is 0 Å². The summed E-state index contributed by atoms with van der Waals surface area (Å²) in [7, 11) is -1.73. The number of piperazine rings is 1. The lowest BCUT2D eigenvalue weighted by atomic mass is 10.1. The highest BCUT2D eigenvalue weighted by Crippen LogP contribution is 2.19. The Morgan fingerprint density at radius 3 is 2.48 bits per heavy atom. The molecule has 1 saturated heterocycles. The average molecular weight is 339 g/mol. The summed E-state index contributed by atoms with van der Waals surface area (Å²) in [5.74, 6) is 0.0145.